The minimum atomic E-state index is -1.25. The largest absolute Gasteiger partial charge is 0.496 e. The number of carbonyl (C=O) groups excluding carboxylic acids is 1. The molecule has 0 aliphatic carbocycles. The number of aliphatic carboxylic acids is 1. The van der Waals surface area contributed by atoms with Gasteiger partial charge in [0.25, 0.3) is 0 Å². The Hall–Kier alpha value is -1.56. The lowest BCUT2D eigenvalue weighted by atomic mass is 9.98. The zero-order valence-corrected chi connectivity index (χ0v) is 13.3. The SMILES string of the molecule is CCC(C)(NC(=O)Cc1cc(Br)ccc1OC)C(=O)O. The van der Waals surface area contributed by atoms with Crippen LogP contribution in [0.1, 0.15) is 25.8 Å². The molecule has 1 aromatic rings. The highest BCUT2D eigenvalue weighted by Crippen LogP contribution is 2.23. The van der Waals surface area contributed by atoms with Crippen LogP contribution >= 0.6 is 15.9 Å². The van der Waals surface area contributed by atoms with Crippen molar-refractivity contribution in [1.82, 2.24) is 5.32 Å². The van der Waals surface area contributed by atoms with Crippen molar-refractivity contribution in [1.29, 1.82) is 0 Å². The Kier molecular flexibility index (Phi) is 5.56. The van der Waals surface area contributed by atoms with Crippen molar-refractivity contribution in [3.05, 3.63) is 28.2 Å². The molecule has 0 saturated heterocycles. The van der Waals surface area contributed by atoms with E-state index in [9.17, 15) is 9.59 Å². The fourth-order valence-corrected chi connectivity index (χ4v) is 2.11. The summed E-state index contributed by atoms with van der Waals surface area (Å²) in [6.07, 6.45) is 0.370. The van der Waals surface area contributed by atoms with Gasteiger partial charge in [-0.25, -0.2) is 4.79 Å². The van der Waals surface area contributed by atoms with Crippen LogP contribution in [0.2, 0.25) is 0 Å². The molecule has 0 heterocycles. The zero-order chi connectivity index (χ0) is 15.3. The molecule has 1 unspecified atom stereocenters. The van der Waals surface area contributed by atoms with Gasteiger partial charge in [0, 0.05) is 10.0 Å². The van der Waals surface area contributed by atoms with Crippen LogP contribution in [0, 0.1) is 0 Å². The summed E-state index contributed by atoms with van der Waals surface area (Å²) < 4.78 is 6.02. The highest BCUT2D eigenvalue weighted by Gasteiger charge is 2.32. The Morgan fingerprint density at radius 3 is 2.60 bits per heavy atom. The van der Waals surface area contributed by atoms with Gasteiger partial charge < -0.3 is 15.2 Å². The summed E-state index contributed by atoms with van der Waals surface area (Å²) in [5.41, 5.74) is -0.556. The average Bonchev–Trinajstić information content (AvgIpc) is 2.38. The standard InChI is InChI=1S/C14H18BrNO4/c1-4-14(2,13(18)19)16-12(17)8-9-7-10(15)5-6-11(9)20-3/h5-7H,4,8H2,1-3H3,(H,16,17)(H,18,19). The van der Waals surface area contributed by atoms with E-state index in [-0.39, 0.29) is 12.3 Å². The second kappa shape index (κ2) is 6.74. The zero-order valence-electron chi connectivity index (χ0n) is 11.7. The molecule has 110 valence electrons. The van der Waals surface area contributed by atoms with Gasteiger partial charge >= 0.3 is 5.97 Å². The number of benzene rings is 1. The van der Waals surface area contributed by atoms with Gasteiger partial charge in [-0.2, -0.15) is 0 Å². The highest BCUT2D eigenvalue weighted by molar-refractivity contribution is 9.10. The topological polar surface area (TPSA) is 75.6 Å². The molecule has 20 heavy (non-hydrogen) atoms. The van der Waals surface area contributed by atoms with Crippen LogP contribution in [0.3, 0.4) is 0 Å². The maximum Gasteiger partial charge on any atom is 0.329 e. The average molecular weight is 344 g/mol. The van der Waals surface area contributed by atoms with Crippen molar-refractivity contribution in [2.45, 2.75) is 32.2 Å². The van der Waals surface area contributed by atoms with Crippen molar-refractivity contribution in [3.8, 4) is 5.75 Å². The van der Waals surface area contributed by atoms with Crippen LogP contribution in [0.25, 0.3) is 0 Å². The predicted octanol–water partition coefficient (Wildman–Crippen LogP) is 2.37. The summed E-state index contributed by atoms with van der Waals surface area (Å²) in [6.45, 7) is 3.21. The first-order valence-electron chi connectivity index (χ1n) is 6.19. The summed E-state index contributed by atoms with van der Waals surface area (Å²) in [6, 6.07) is 5.35. The fourth-order valence-electron chi connectivity index (χ4n) is 1.70. The molecule has 0 aliphatic rings. The molecule has 0 saturated carbocycles. The number of nitrogens with one attached hydrogen (secondary N) is 1. The molecule has 0 aliphatic heterocycles. The molecule has 0 aromatic heterocycles. The van der Waals surface area contributed by atoms with Crippen molar-refractivity contribution < 1.29 is 19.4 Å². The quantitative estimate of drug-likeness (QED) is 0.831. The number of hydrogen-bond acceptors (Lipinski definition) is 3. The van der Waals surface area contributed by atoms with Crippen LogP contribution in [0.5, 0.6) is 5.75 Å². The van der Waals surface area contributed by atoms with Gasteiger partial charge in [-0.05, 0) is 31.5 Å². The van der Waals surface area contributed by atoms with Gasteiger partial charge in [-0.1, -0.05) is 22.9 Å². The fraction of sp³-hybridized carbons (Fsp3) is 0.429. The molecule has 0 spiro atoms. The van der Waals surface area contributed by atoms with E-state index in [0.717, 1.165) is 4.47 Å². The smallest absolute Gasteiger partial charge is 0.329 e. The normalized spacial score (nSPS) is 13.4. The number of carboxylic acids is 1. The third-order valence-corrected chi connectivity index (χ3v) is 3.68. The van der Waals surface area contributed by atoms with Crippen LogP contribution in [0.15, 0.2) is 22.7 Å². The Morgan fingerprint density at radius 1 is 1.45 bits per heavy atom. The Morgan fingerprint density at radius 2 is 2.10 bits per heavy atom. The maximum absolute atomic E-state index is 12.0. The molecule has 5 nitrogen and oxygen atoms in total. The lowest BCUT2D eigenvalue weighted by molar-refractivity contribution is -0.146. The lowest BCUT2D eigenvalue weighted by Crippen LogP contribution is -2.52. The first kappa shape index (κ1) is 16.5. The van der Waals surface area contributed by atoms with Gasteiger partial charge in [-0.15, -0.1) is 0 Å². The number of ether oxygens (including phenoxy) is 1. The van der Waals surface area contributed by atoms with Crippen molar-refractivity contribution in [2.24, 2.45) is 0 Å². The van der Waals surface area contributed by atoms with E-state index < -0.39 is 11.5 Å². The Bertz CT molecular complexity index is 518. The molecule has 0 fully saturated rings. The van der Waals surface area contributed by atoms with Crippen molar-refractivity contribution in [2.75, 3.05) is 7.11 Å². The van der Waals surface area contributed by atoms with Crippen molar-refractivity contribution >= 4 is 27.8 Å². The number of rotatable bonds is 6. The van der Waals surface area contributed by atoms with Gasteiger partial charge in [0.2, 0.25) is 5.91 Å². The lowest BCUT2D eigenvalue weighted by Gasteiger charge is -2.24. The molecule has 1 rings (SSSR count). The molecular formula is C14H18BrNO4. The number of carbonyl (C=O) groups is 2. The summed E-state index contributed by atoms with van der Waals surface area (Å²) in [7, 11) is 1.53. The molecule has 1 amide bonds. The minimum Gasteiger partial charge on any atom is -0.496 e. The maximum atomic E-state index is 12.0. The van der Waals surface area contributed by atoms with E-state index in [1.165, 1.54) is 14.0 Å². The number of hydrogen-bond donors (Lipinski definition) is 2. The first-order chi connectivity index (χ1) is 9.32. The first-order valence-corrected chi connectivity index (χ1v) is 6.98. The Labute approximate surface area is 126 Å². The third-order valence-electron chi connectivity index (χ3n) is 3.19. The van der Waals surface area contributed by atoms with Crippen LogP contribution < -0.4 is 10.1 Å². The molecule has 1 aromatic carbocycles. The van der Waals surface area contributed by atoms with Gasteiger partial charge in [0.1, 0.15) is 11.3 Å². The molecule has 1 atom stereocenters. The second-order valence-electron chi connectivity index (χ2n) is 4.67. The second-order valence-corrected chi connectivity index (χ2v) is 5.59. The van der Waals surface area contributed by atoms with E-state index >= 15 is 0 Å². The summed E-state index contributed by atoms with van der Waals surface area (Å²) >= 11 is 3.33. The monoisotopic (exact) mass is 343 g/mol. The molecule has 0 radical (unpaired) electrons. The predicted molar refractivity (Wildman–Crippen MR) is 78.9 cm³/mol. The van der Waals surface area contributed by atoms with E-state index in [1.54, 1.807) is 19.1 Å². The van der Waals surface area contributed by atoms with Crippen LogP contribution in [-0.4, -0.2) is 29.6 Å². The van der Waals surface area contributed by atoms with E-state index in [1.807, 2.05) is 6.07 Å². The molecule has 2 N–H and O–H groups in total. The van der Waals surface area contributed by atoms with Gasteiger partial charge in [0.15, 0.2) is 0 Å². The van der Waals surface area contributed by atoms with Gasteiger partial charge in [-0.3, -0.25) is 4.79 Å². The Balaban J connectivity index is 2.86. The molecule has 0 bridgehead atoms. The van der Waals surface area contributed by atoms with E-state index in [2.05, 4.69) is 21.2 Å². The highest BCUT2D eigenvalue weighted by atomic mass is 79.9. The van der Waals surface area contributed by atoms with E-state index in [0.29, 0.717) is 17.7 Å². The molecule has 6 heteroatoms. The summed E-state index contributed by atoms with van der Waals surface area (Å²) in [4.78, 5) is 23.2. The van der Waals surface area contributed by atoms with Gasteiger partial charge in [0.05, 0.1) is 13.5 Å². The van der Waals surface area contributed by atoms with Crippen LogP contribution in [-0.2, 0) is 16.0 Å². The van der Waals surface area contributed by atoms with Crippen molar-refractivity contribution in [3.63, 3.8) is 0 Å². The summed E-state index contributed by atoms with van der Waals surface area (Å²) in [5.74, 6) is -0.806. The van der Waals surface area contributed by atoms with E-state index in [4.69, 9.17) is 9.84 Å². The number of halogens is 1. The molecular weight excluding hydrogens is 326 g/mol. The number of methoxy groups -OCH3 is 1. The minimum absolute atomic E-state index is 0.0610. The summed E-state index contributed by atoms with van der Waals surface area (Å²) in [5, 5.41) is 11.7. The number of carboxylic acid groups (broad SMARTS) is 1. The number of amides is 1. The van der Waals surface area contributed by atoms with Crippen LogP contribution in [0.4, 0.5) is 0 Å². The third kappa shape index (κ3) is 3.96.